The van der Waals surface area contributed by atoms with Gasteiger partial charge in [0.1, 0.15) is 11.4 Å². The van der Waals surface area contributed by atoms with Gasteiger partial charge >= 0.3 is 13.2 Å². The summed E-state index contributed by atoms with van der Waals surface area (Å²) in [5.41, 5.74) is 0.556. The summed E-state index contributed by atoms with van der Waals surface area (Å²) in [5.74, 6) is 0.0432. The largest absolute Gasteiger partial charge is 0.435 e. The lowest BCUT2D eigenvalue weighted by Crippen LogP contribution is -2.01. The highest BCUT2D eigenvalue weighted by atomic mass is 19.3. The molecule has 0 saturated heterocycles. The quantitative estimate of drug-likeness (QED) is 0.670. The monoisotopic (exact) mass is 328 g/mol. The molecule has 0 atom stereocenters. The molecule has 0 aliphatic carbocycles. The SMILES string of the molecule is FC(F)Oc1ccc(-c2nnc(-c3ccn(C(F)F)n3)o2)cc1. The maximum Gasteiger partial charge on any atom is 0.387 e. The molecule has 0 aliphatic rings. The lowest BCUT2D eigenvalue weighted by Gasteiger charge is -2.03. The molecular weight excluding hydrogens is 320 g/mol. The van der Waals surface area contributed by atoms with Crippen molar-refractivity contribution in [3.63, 3.8) is 0 Å². The Morgan fingerprint density at radius 1 is 0.957 bits per heavy atom. The Kier molecular flexibility index (Phi) is 3.96. The number of alkyl halides is 4. The molecule has 0 spiro atoms. The lowest BCUT2D eigenvalue weighted by molar-refractivity contribution is -0.0498. The second-order valence-corrected chi connectivity index (χ2v) is 4.27. The molecular formula is C13H8F4N4O2. The van der Waals surface area contributed by atoms with Crippen LogP contribution in [0.3, 0.4) is 0 Å². The summed E-state index contributed by atoms with van der Waals surface area (Å²) in [6.07, 6.45) is 1.08. The van der Waals surface area contributed by atoms with Gasteiger partial charge in [0.25, 0.3) is 5.89 Å². The van der Waals surface area contributed by atoms with Crippen molar-refractivity contribution in [3.8, 4) is 28.8 Å². The van der Waals surface area contributed by atoms with Gasteiger partial charge in [-0.1, -0.05) is 0 Å². The third-order valence-electron chi connectivity index (χ3n) is 2.78. The maximum absolute atomic E-state index is 12.5. The summed E-state index contributed by atoms with van der Waals surface area (Å²) >= 11 is 0. The maximum atomic E-state index is 12.5. The van der Waals surface area contributed by atoms with E-state index in [0.29, 0.717) is 10.2 Å². The molecule has 0 aliphatic heterocycles. The molecule has 120 valence electrons. The molecule has 0 amide bonds. The first-order chi connectivity index (χ1) is 11.0. The molecule has 2 heterocycles. The number of hydrogen-bond acceptors (Lipinski definition) is 5. The molecule has 3 aromatic rings. The van der Waals surface area contributed by atoms with Crippen molar-refractivity contribution in [3.05, 3.63) is 36.5 Å². The Balaban J connectivity index is 1.80. The molecule has 0 fully saturated rings. The van der Waals surface area contributed by atoms with Crippen molar-refractivity contribution in [2.75, 3.05) is 0 Å². The van der Waals surface area contributed by atoms with Crippen molar-refractivity contribution in [2.24, 2.45) is 0 Å². The molecule has 23 heavy (non-hydrogen) atoms. The number of halogens is 4. The van der Waals surface area contributed by atoms with Gasteiger partial charge < -0.3 is 9.15 Å². The highest BCUT2D eigenvalue weighted by Gasteiger charge is 2.15. The van der Waals surface area contributed by atoms with E-state index in [9.17, 15) is 17.6 Å². The number of rotatable bonds is 5. The number of aromatic nitrogens is 4. The van der Waals surface area contributed by atoms with Gasteiger partial charge in [-0.2, -0.15) is 22.7 Å². The van der Waals surface area contributed by atoms with E-state index in [1.165, 1.54) is 30.3 Å². The first kappa shape index (κ1) is 15.0. The van der Waals surface area contributed by atoms with E-state index in [1.807, 2.05) is 0 Å². The summed E-state index contributed by atoms with van der Waals surface area (Å²) in [6, 6.07) is 6.84. The van der Waals surface area contributed by atoms with Gasteiger partial charge in [-0.05, 0) is 30.3 Å². The van der Waals surface area contributed by atoms with Crippen molar-refractivity contribution in [2.45, 2.75) is 13.2 Å². The standard InChI is InChI=1S/C13H8F4N4O2/c14-12(15)21-6-5-9(20-21)11-19-18-10(23-11)7-1-3-8(4-2-7)22-13(16)17/h1-6,12-13H. The molecule has 0 saturated carbocycles. The van der Waals surface area contributed by atoms with Gasteiger partial charge in [-0.25, -0.2) is 4.68 Å². The van der Waals surface area contributed by atoms with Crippen molar-refractivity contribution in [1.82, 2.24) is 20.0 Å². The van der Waals surface area contributed by atoms with Crippen LogP contribution in [0.2, 0.25) is 0 Å². The highest BCUT2D eigenvalue weighted by molar-refractivity contribution is 5.56. The minimum Gasteiger partial charge on any atom is -0.435 e. The van der Waals surface area contributed by atoms with E-state index >= 15 is 0 Å². The van der Waals surface area contributed by atoms with Crippen molar-refractivity contribution < 1.29 is 26.7 Å². The van der Waals surface area contributed by atoms with Crippen LogP contribution < -0.4 is 4.74 Å². The summed E-state index contributed by atoms with van der Waals surface area (Å²) < 4.78 is 59.1. The molecule has 6 nitrogen and oxygen atoms in total. The van der Waals surface area contributed by atoms with Crippen molar-refractivity contribution >= 4 is 0 Å². The molecule has 2 aromatic heterocycles. The molecule has 0 N–H and O–H groups in total. The molecule has 10 heteroatoms. The number of ether oxygens (including phenoxy) is 1. The summed E-state index contributed by atoms with van der Waals surface area (Å²) in [6.45, 7) is -5.69. The molecule has 0 radical (unpaired) electrons. The van der Waals surface area contributed by atoms with Crippen LogP contribution in [-0.2, 0) is 0 Å². The Bertz CT molecular complexity index is 785. The predicted octanol–water partition coefficient (Wildman–Crippen LogP) is 3.60. The van der Waals surface area contributed by atoms with Crippen LogP contribution >= 0.6 is 0 Å². The zero-order valence-corrected chi connectivity index (χ0v) is 11.2. The zero-order valence-electron chi connectivity index (χ0n) is 11.2. The minimum absolute atomic E-state index is 0.0147. The van der Waals surface area contributed by atoms with Crippen LogP contribution in [0.15, 0.2) is 40.9 Å². The van der Waals surface area contributed by atoms with Gasteiger partial charge in [0.05, 0.1) is 0 Å². The second-order valence-electron chi connectivity index (χ2n) is 4.27. The van der Waals surface area contributed by atoms with Gasteiger partial charge in [-0.15, -0.1) is 10.2 Å². The smallest absolute Gasteiger partial charge is 0.387 e. The van der Waals surface area contributed by atoms with E-state index in [1.54, 1.807) is 0 Å². The fourth-order valence-electron chi connectivity index (χ4n) is 1.78. The van der Waals surface area contributed by atoms with E-state index in [4.69, 9.17) is 4.42 Å². The van der Waals surface area contributed by atoms with Crippen LogP contribution in [0.25, 0.3) is 23.0 Å². The van der Waals surface area contributed by atoms with Gasteiger partial charge in [-0.3, -0.25) is 0 Å². The average Bonchev–Trinajstić information content (AvgIpc) is 3.16. The topological polar surface area (TPSA) is 66.0 Å². The average molecular weight is 328 g/mol. The van der Waals surface area contributed by atoms with Gasteiger partial charge in [0.2, 0.25) is 5.89 Å². The second kappa shape index (κ2) is 6.07. The first-order valence-electron chi connectivity index (χ1n) is 6.25. The number of hydrogen-bond donors (Lipinski definition) is 0. The van der Waals surface area contributed by atoms with E-state index < -0.39 is 13.2 Å². The number of benzene rings is 1. The summed E-state index contributed by atoms with van der Waals surface area (Å²) in [4.78, 5) is 0. The van der Waals surface area contributed by atoms with Gasteiger partial charge in [0.15, 0.2) is 0 Å². The number of nitrogens with zero attached hydrogens (tertiary/aromatic N) is 4. The molecule has 0 unspecified atom stereocenters. The van der Waals surface area contributed by atoms with Gasteiger partial charge in [0, 0.05) is 11.8 Å². The van der Waals surface area contributed by atoms with E-state index in [2.05, 4.69) is 20.0 Å². The van der Waals surface area contributed by atoms with Crippen LogP contribution in [0.4, 0.5) is 17.6 Å². The molecule has 3 rings (SSSR count). The van der Waals surface area contributed by atoms with Crippen LogP contribution in [0.1, 0.15) is 6.55 Å². The Labute approximate surface area is 126 Å². The normalized spacial score (nSPS) is 11.4. The van der Waals surface area contributed by atoms with E-state index in [-0.39, 0.29) is 23.2 Å². The fraction of sp³-hybridized carbons (Fsp3) is 0.154. The van der Waals surface area contributed by atoms with E-state index in [0.717, 1.165) is 6.20 Å². The first-order valence-corrected chi connectivity index (χ1v) is 6.25. The van der Waals surface area contributed by atoms with Crippen LogP contribution in [0.5, 0.6) is 5.75 Å². The Morgan fingerprint density at radius 2 is 1.65 bits per heavy atom. The Morgan fingerprint density at radius 3 is 2.26 bits per heavy atom. The summed E-state index contributed by atoms with van der Waals surface area (Å²) in [7, 11) is 0. The lowest BCUT2D eigenvalue weighted by atomic mass is 10.2. The fourth-order valence-corrected chi connectivity index (χ4v) is 1.78. The molecule has 1 aromatic carbocycles. The minimum atomic E-state index is -2.92. The zero-order chi connectivity index (χ0) is 16.4. The predicted molar refractivity (Wildman–Crippen MR) is 68.8 cm³/mol. The molecule has 0 bridgehead atoms. The van der Waals surface area contributed by atoms with Crippen LogP contribution in [-0.4, -0.2) is 26.6 Å². The third-order valence-corrected chi connectivity index (χ3v) is 2.78. The summed E-state index contributed by atoms with van der Waals surface area (Å²) in [5, 5.41) is 11.1. The Hall–Kier alpha value is -2.91. The third kappa shape index (κ3) is 3.30. The highest BCUT2D eigenvalue weighted by Crippen LogP contribution is 2.25. The van der Waals surface area contributed by atoms with Crippen LogP contribution in [0, 0.1) is 0 Å². The van der Waals surface area contributed by atoms with Crippen molar-refractivity contribution in [1.29, 1.82) is 0 Å².